The predicted molar refractivity (Wildman–Crippen MR) is 74.8 cm³/mol. The van der Waals surface area contributed by atoms with Gasteiger partial charge >= 0.3 is 0 Å². The number of fused-ring (bicyclic) bond motifs is 5. The number of anilines is 1. The maximum Gasteiger partial charge on any atom is 0.241 e. The summed E-state index contributed by atoms with van der Waals surface area (Å²) in [6.07, 6.45) is 3.03. The standard InChI is InChI=1S/C15H12ClNO4/c16-8-1-3-9(4-2-8)17-13(19)11-10-5-6-15(7-18,21-10)12(11)14(17)20/h1-6,10-12,18H,7H2/t10-,11+,12-,15+/m1/s1. The van der Waals surface area contributed by atoms with Gasteiger partial charge in [0.25, 0.3) is 0 Å². The van der Waals surface area contributed by atoms with Gasteiger partial charge in [-0.3, -0.25) is 9.59 Å². The van der Waals surface area contributed by atoms with Crippen LogP contribution < -0.4 is 4.90 Å². The molecule has 0 radical (unpaired) electrons. The highest BCUT2D eigenvalue weighted by Crippen LogP contribution is 2.52. The zero-order valence-electron chi connectivity index (χ0n) is 10.9. The molecule has 0 aromatic heterocycles. The summed E-state index contributed by atoms with van der Waals surface area (Å²) >= 11 is 5.84. The third-order valence-corrected chi connectivity index (χ3v) is 4.74. The molecule has 3 aliphatic heterocycles. The minimum Gasteiger partial charge on any atom is -0.393 e. The second kappa shape index (κ2) is 4.16. The monoisotopic (exact) mass is 305 g/mol. The van der Waals surface area contributed by atoms with Gasteiger partial charge in [-0.15, -0.1) is 0 Å². The van der Waals surface area contributed by atoms with Crippen LogP contribution in [-0.2, 0) is 14.3 Å². The maximum absolute atomic E-state index is 12.7. The van der Waals surface area contributed by atoms with Crippen molar-refractivity contribution >= 4 is 29.1 Å². The van der Waals surface area contributed by atoms with E-state index < -0.39 is 23.5 Å². The fourth-order valence-electron chi connectivity index (χ4n) is 3.53. The van der Waals surface area contributed by atoms with Gasteiger partial charge in [0.05, 0.1) is 30.2 Å². The lowest BCUT2D eigenvalue weighted by molar-refractivity contribution is -0.128. The Morgan fingerprint density at radius 3 is 2.62 bits per heavy atom. The van der Waals surface area contributed by atoms with Gasteiger partial charge in [0.15, 0.2) is 0 Å². The van der Waals surface area contributed by atoms with Gasteiger partial charge in [0.1, 0.15) is 5.60 Å². The minimum atomic E-state index is -1.05. The van der Waals surface area contributed by atoms with Crippen LogP contribution >= 0.6 is 11.6 Å². The molecular formula is C15H12ClNO4. The normalized spacial score (nSPS) is 36.7. The predicted octanol–water partition coefficient (Wildman–Crippen LogP) is 1.15. The Hall–Kier alpha value is -1.69. The first-order chi connectivity index (χ1) is 10.1. The first-order valence-electron chi connectivity index (χ1n) is 6.69. The lowest BCUT2D eigenvalue weighted by Crippen LogP contribution is -2.43. The second-order valence-corrected chi connectivity index (χ2v) is 5.98. The van der Waals surface area contributed by atoms with E-state index in [1.807, 2.05) is 0 Å². The molecule has 3 heterocycles. The third kappa shape index (κ3) is 1.54. The molecule has 2 bridgehead atoms. The molecule has 4 atom stereocenters. The van der Waals surface area contributed by atoms with Crippen LogP contribution in [0.4, 0.5) is 5.69 Å². The zero-order chi connectivity index (χ0) is 14.8. The van der Waals surface area contributed by atoms with E-state index in [-0.39, 0.29) is 18.4 Å². The van der Waals surface area contributed by atoms with Crippen molar-refractivity contribution in [1.82, 2.24) is 0 Å². The van der Waals surface area contributed by atoms with Crippen LogP contribution in [0.25, 0.3) is 0 Å². The lowest BCUT2D eigenvalue weighted by Gasteiger charge is -2.26. The molecule has 6 heteroatoms. The smallest absolute Gasteiger partial charge is 0.241 e. The maximum atomic E-state index is 12.7. The van der Waals surface area contributed by atoms with Gasteiger partial charge in [-0.1, -0.05) is 23.8 Å². The molecular weight excluding hydrogens is 294 g/mol. The average Bonchev–Trinajstić information content (AvgIpc) is 3.12. The van der Waals surface area contributed by atoms with Gasteiger partial charge in [0.2, 0.25) is 11.8 Å². The molecule has 2 saturated heterocycles. The van der Waals surface area contributed by atoms with Crippen molar-refractivity contribution in [2.24, 2.45) is 11.8 Å². The molecule has 1 N–H and O–H groups in total. The largest absolute Gasteiger partial charge is 0.393 e. The number of hydrogen-bond acceptors (Lipinski definition) is 4. The zero-order valence-corrected chi connectivity index (χ0v) is 11.7. The summed E-state index contributed by atoms with van der Waals surface area (Å²) in [4.78, 5) is 26.5. The Morgan fingerprint density at radius 1 is 1.24 bits per heavy atom. The Balaban J connectivity index is 1.77. The molecule has 4 rings (SSSR count). The summed E-state index contributed by atoms with van der Waals surface area (Å²) in [5.74, 6) is -1.81. The minimum absolute atomic E-state index is 0.281. The Labute approximate surface area is 125 Å². The molecule has 2 amide bonds. The van der Waals surface area contributed by atoms with Crippen LogP contribution in [0.15, 0.2) is 36.4 Å². The number of rotatable bonds is 2. The van der Waals surface area contributed by atoms with E-state index in [2.05, 4.69) is 0 Å². The van der Waals surface area contributed by atoms with Crippen LogP contribution in [0.3, 0.4) is 0 Å². The van der Waals surface area contributed by atoms with Crippen molar-refractivity contribution in [3.8, 4) is 0 Å². The molecule has 108 valence electrons. The van der Waals surface area contributed by atoms with E-state index in [9.17, 15) is 14.7 Å². The topological polar surface area (TPSA) is 66.8 Å². The van der Waals surface area contributed by atoms with Crippen LogP contribution in [-0.4, -0.2) is 35.2 Å². The fourth-order valence-corrected chi connectivity index (χ4v) is 3.65. The number of ether oxygens (including phenoxy) is 1. The first kappa shape index (κ1) is 13.0. The molecule has 0 spiro atoms. The van der Waals surface area contributed by atoms with E-state index in [0.29, 0.717) is 10.7 Å². The molecule has 0 unspecified atom stereocenters. The SMILES string of the molecule is O=C1[C@H]2[C@H]3C=C[C@@](CO)(O3)[C@H]2C(=O)N1c1ccc(Cl)cc1. The van der Waals surface area contributed by atoms with Crippen LogP contribution in [0.1, 0.15) is 0 Å². The number of imide groups is 1. The summed E-state index contributed by atoms with van der Waals surface area (Å²) in [6, 6.07) is 6.55. The van der Waals surface area contributed by atoms with Crippen LogP contribution in [0.2, 0.25) is 5.02 Å². The number of hydrogen-bond donors (Lipinski definition) is 1. The summed E-state index contributed by atoms with van der Waals surface area (Å²) in [5, 5.41) is 10.1. The second-order valence-electron chi connectivity index (χ2n) is 5.55. The van der Waals surface area contributed by atoms with Gasteiger partial charge < -0.3 is 9.84 Å². The summed E-state index contributed by atoms with van der Waals surface area (Å²) < 4.78 is 5.67. The van der Waals surface area contributed by atoms with Crippen molar-refractivity contribution in [1.29, 1.82) is 0 Å². The van der Waals surface area contributed by atoms with E-state index in [1.54, 1.807) is 36.4 Å². The first-order valence-corrected chi connectivity index (χ1v) is 7.07. The van der Waals surface area contributed by atoms with E-state index in [0.717, 1.165) is 0 Å². The fraction of sp³-hybridized carbons (Fsp3) is 0.333. The summed E-state index contributed by atoms with van der Waals surface area (Å²) in [5.41, 5.74) is -0.556. The Morgan fingerprint density at radius 2 is 1.95 bits per heavy atom. The molecule has 1 aromatic rings. The lowest BCUT2D eigenvalue weighted by atomic mass is 9.77. The summed E-state index contributed by atoms with van der Waals surface area (Å²) in [6.45, 7) is -0.311. The summed E-state index contributed by atoms with van der Waals surface area (Å²) in [7, 11) is 0. The van der Waals surface area contributed by atoms with Crippen LogP contribution in [0.5, 0.6) is 0 Å². The van der Waals surface area contributed by atoms with E-state index >= 15 is 0 Å². The van der Waals surface area contributed by atoms with Gasteiger partial charge in [-0.05, 0) is 24.3 Å². The Bertz CT molecular complexity index is 671. The van der Waals surface area contributed by atoms with Gasteiger partial charge in [0, 0.05) is 5.02 Å². The van der Waals surface area contributed by atoms with Crippen molar-refractivity contribution in [2.45, 2.75) is 11.7 Å². The van der Waals surface area contributed by atoms with Crippen molar-refractivity contribution in [2.75, 3.05) is 11.5 Å². The molecule has 0 saturated carbocycles. The van der Waals surface area contributed by atoms with Crippen molar-refractivity contribution in [3.63, 3.8) is 0 Å². The highest BCUT2D eigenvalue weighted by Gasteiger charge is 2.67. The molecule has 0 aliphatic carbocycles. The Kier molecular flexibility index (Phi) is 2.58. The average molecular weight is 306 g/mol. The number of carbonyl (C=O) groups excluding carboxylic acids is 2. The number of carbonyl (C=O) groups is 2. The molecule has 3 aliphatic rings. The third-order valence-electron chi connectivity index (χ3n) is 4.49. The van der Waals surface area contributed by atoms with Gasteiger partial charge in [-0.25, -0.2) is 4.90 Å². The number of aliphatic hydroxyl groups excluding tert-OH is 1. The van der Waals surface area contributed by atoms with Gasteiger partial charge in [-0.2, -0.15) is 0 Å². The van der Waals surface area contributed by atoms with Crippen LogP contribution in [0, 0.1) is 11.8 Å². The van der Waals surface area contributed by atoms with Crippen molar-refractivity contribution < 1.29 is 19.4 Å². The molecule has 2 fully saturated rings. The molecule has 1 aromatic carbocycles. The number of halogens is 1. The highest BCUT2D eigenvalue weighted by molar-refractivity contribution is 6.31. The number of nitrogens with zero attached hydrogens (tertiary/aromatic N) is 1. The number of amides is 2. The van der Waals surface area contributed by atoms with E-state index in [4.69, 9.17) is 16.3 Å². The molecule has 21 heavy (non-hydrogen) atoms. The quantitative estimate of drug-likeness (QED) is 0.657. The highest BCUT2D eigenvalue weighted by atomic mass is 35.5. The molecule has 5 nitrogen and oxygen atoms in total. The number of benzene rings is 1. The number of aliphatic hydroxyl groups is 1. The van der Waals surface area contributed by atoms with E-state index in [1.165, 1.54) is 4.90 Å². The van der Waals surface area contributed by atoms with Crippen molar-refractivity contribution in [3.05, 3.63) is 41.4 Å².